The van der Waals surface area contributed by atoms with Gasteiger partial charge in [0.05, 0.1) is 52.9 Å². The Morgan fingerprint density at radius 1 is 0.826 bits per heavy atom. The fraction of sp³-hybridized carbons (Fsp3) is 0.588. The van der Waals surface area contributed by atoms with Gasteiger partial charge < -0.3 is 24.3 Å². The highest BCUT2D eigenvalue weighted by molar-refractivity contribution is 5.75. The maximum atomic E-state index is 10.9. The van der Waals surface area contributed by atoms with E-state index in [-0.39, 0.29) is 5.91 Å². The zero-order valence-corrected chi connectivity index (χ0v) is 13.8. The van der Waals surface area contributed by atoms with Gasteiger partial charge in [-0.1, -0.05) is 30.3 Å². The molecule has 0 fully saturated rings. The molecule has 1 N–H and O–H groups in total. The van der Waals surface area contributed by atoms with Crippen LogP contribution in [0.1, 0.15) is 12.0 Å². The topological polar surface area (TPSA) is 66.0 Å². The highest BCUT2D eigenvalue weighted by Crippen LogP contribution is 1.99. The first-order chi connectivity index (χ1) is 11.3. The summed E-state index contributed by atoms with van der Waals surface area (Å²) in [6.07, 6.45) is 0.378. The first-order valence-electron chi connectivity index (χ1n) is 7.88. The average molecular weight is 325 g/mol. The number of nitrogens with one attached hydrogen (secondary N) is 1. The second kappa shape index (κ2) is 14.1. The third-order valence-electron chi connectivity index (χ3n) is 2.98. The van der Waals surface area contributed by atoms with E-state index in [0.29, 0.717) is 59.3 Å². The number of hydrogen-bond donors (Lipinski definition) is 1. The number of hydrogen-bond acceptors (Lipinski definition) is 5. The number of carbonyl (C=O) groups is 1. The van der Waals surface area contributed by atoms with Crippen LogP contribution in [0.5, 0.6) is 0 Å². The molecular formula is C17H27NO5. The van der Waals surface area contributed by atoms with E-state index in [1.54, 1.807) is 7.05 Å². The number of benzene rings is 1. The molecule has 0 aliphatic heterocycles. The van der Waals surface area contributed by atoms with Crippen LogP contribution in [-0.2, 0) is 30.3 Å². The lowest BCUT2D eigenvalue weighted by molar-refractivity contribution is -0.121. The quantitative estimate of drug-likeness (QED) is 0.524. The van der Waals surface area contributed by atoms with Gasteiger partial charge in [-0.2, -0.15) is 0 Å². The van der Waals surface area contributed by atoms with Crippen LogP contribution in [0.3, 0.4) is 0 Å². The van der Waals surface area contributed by atoms with Crippen molar-refractivity contribution >= 4 is 5.91 Å². The highest BCUT2D eigenvalue weighted by Gasteiger charge is 1.97. The second-order valence-corrected chi connectivity index (χ2v) is 4.80. The molecule has 0 spiro atoms. The standard InChI is InChI=1S/C17H27NO5/c1-18-17(19)7-8-20-9-10-21-11-12-22-13-14-23-15-16-5-3-2-4-6-16/h2-6H,7-15H2,1H3,(H,18,19). The van der Waals surface area contributed by atoms with Crippen molar-refractivity contribution in [1.82, 2.24) is 5.32 Å². The first kappa shape index (κ1) is 19.6. The monoisotopic (exact) mass is 325 g/mol. The van der Waals surface area contributed by atoms with Gasteiger partial charge in [0.1, 0.15) is 0 Å². The van der Waals surface area contributed by atoms with Gasteiger partial charge in [-0.15, -0.1) is 0 Å². The summed E-state index contributed by atoms with van der Waals surface area (Å²) in [6.45, 7) is 4.19. The van der Waals surface area contributed by atoms with Crippen molar-refractivity contribution < 1.29 is 23.7 Å². The minimum Gasteiger partial charge on any atom is -0.379 e. The Kier molecular flexibility index (Phi) is 12.0. The summed E-state index contributed by atoms with van der Waals surface area (Å²) in [5.41, 5.74) is 1.16. The van der Waals surface area contributed by atoms with E-state index in [4.69, 9.17) is 18.9 Å². The van der Waals surface area contributed by atoms with E-state index < -0.39 is 0 Å². The Hall–Kier alpha value is -1.47. The summed E-state index contributed by atoms with van der Waals surface area (Å²) >= 11 is 0. The third kappa shape index (κ3) is 11.7. The maximum absolute atomic E-state index is 10.9. The smallest absolute Gasteiger partial charge is 0.222 e. The minimum absolute atomic E-state index is 0.0196. The van der Waals surface area contributed by atoms with Gasteiger partial charge in [-0.05, 0) is 5.56 Å². The van der Waals surface area contributed by atoms with E-state index in [9.17, 15) is 4.79 Å². The van der Waals surface area contributed by atoms with Crippen LogP contribution in [0, 0.1) is 0 Å². The van der Waals surface area contributed by atoms with Crippen LogP contribution in [0.15, 0.2) is 30.3 Å². The maximum Gasteiger partial charge on any atom is 0.222 e. The van der Waals surface area contributed by atoms with Gasteiger partial charge in [0.15, 0.2) is 0 Å². The summed E-state index contributed by atoms with van der Waals surface area (Å²) in [4.78, 5) is 10.9. The molecule has 1 aromatic carbocycles. The lowest BCUT2D eigenvalue weighted by Crippen LogP contribution is -2.20. The van der Waals surface area contributed by atoms with Crippen molar-refractivity contribution in [2.24, 2.45) is 0 Å². The lowest BCUT2D eigenvalue weighted by Gasteiger charge is -2.07. The number of ether oxygens (including phenoxy) is 4. The molecule has 1 amide bonds. The summed E-state index contributed by atoms with van der Waals surface area (Å²) < 4.78 is 21.5. The normalized spacial score (nSPS) is 10.7. The lowest BCUT2D eigenvalue weighted by atomic mass is 10.2. The van der Waals surface area contributed by atoms with Crippen LogP contribution in [0.2, 0.25) is 0 Å². The molecule has 0 aliphatic rings. The molecule has 0 unspecified atom stereocenters. The molecule has 0 heterocycles. The Labute approximate surface area is 138 Å². The molecule has 0 saturated heterocycles. The van der Waals surface area contributed by atoms with E-state index >= 15 is 0 Å². The number of rotatable bonds is 14. The molecule has 6 heteroatoms. The zero-order valence-electron chi connectivity index (χ0n) is 13.8. The largest absolute Gasteiger partial charge is 0.379 e. The summed E-state index contributed by atoms with van der Waals surface area (Å²) in [6, 6.07) is 10.0. The van der Waals surface area contributed by atoms with E-state index in [1.165, 1.54) is 0 Å². The van der Waals surface area contributed by atoms with Crippen LogP contribution in [0.25, 0.3) is 0 Å². The van der Waals surface area contributed by atoms with Crippen molar-refractivity contribution in [3.63, 3.8) is 0 Å². The Bertz CT molecular complexity index is 399. The SMILES string of the molecule is CNC(=O)CCOCCOCCOCCOCc1ccccc1. The highest BCUT2D eigenvalue weighted by atomic mass is 16.6. The van der Waals surface area contributed by atoms with Crippen molar-refractivity contribution in [3.8, 4) is 0 Å². The molecular weight excluding hydrogens is 298 g/mol. The summed E-state index contributed by atoms with van der Waals surface area (Å²) in [7, 11) is 1.61. The average Bonchev–Trinajstić information content (AvgIpc) is 2.59. The molecule has 1 rings (SSSR count). The molecule has 6 nitrogen and oxygen atoms in total. The molecule has 0 saturated carbocycles. The van der Waals surface area contributed by atoms with Crippen molar-refractivity contribution in [1.29, 1.82) is 0 Å². The van der Waals surface area contributed by atoms with Gasteiger partial charge >= 0.3 is 0 Å². The molecule has 0 bridgehead atoms. The van der Waals surface area contributed by atoms with Crippen LogP contribution in [-0.4, -0.2) is 59.2 Å². The third-order valence-corrected chi connectivity index (χ3v) is 2.98. The fourth-order valence-electron chi connectivity index (χ4n) is 1.71. The predicted molar refractivity (Wildman–Crippen MR) is 87.2 cm³/mol. The Morgan fingerprint density at radius 2 is 1.35 bits per heavy atom. The van der Waals surface area contributed by atoms with Gasteiger partial charge in [0.25, 0.3) is 0 Å². The summed E-state index contributed by atoms with van der Waals surface area (Å²) in [5.74, 6) is -0.0196. The zero-order chi connectivity index (χ0) is 16.6. The molecule has 130 valence electrons. The van der Waals surface area contributed by atoms with Gasteiger partial charge in [0, 0.05) is 13.5 Å². The van der Waals surface area contributed by atoms with Gasteiger partial charge in [-0.3, -0.25) is 4.79 Å². The fourth-order valence-corrected chi connectivity index (χ4v) is 1.71. The van der Waals surface area contributed by atoms with E-state index in [2.05, 4.69) is 5.32 Å². The molecule has 0 aliphatic carbocycles. The van der Waals surface area contributed by atoms with Crippen molar-refractivity contribution in [2.45, 2.75) is 13.0 Å². The molecule has 0 atom stereocenters. The Balaban J connectivity index is 1.76. The molecule has 0 radical (unpaired) electrons. The van der Waals surface area contributed by atoms with E-state index in [1.807, 2.05) is 30.3 Å². The van der Waals surface area contributed by atoms with Crippen molar-refractivity contribution in [3.05, 3.63) is 35.9 Å². The van der Waals surface area contributed by atoms with Gasteiger partial charge in [0.2, 0.25) is 5.91 Å². The van der Waals surface area contributed by atoms with Crippen LogP contribution in [0.4, 0.5) is 0 Å². The second-order valence-electron chi connectivity index (χ2n) is 4.80. The van der Waals surface area contributed by atoms with Crippen LogP contribution >= 0.6 is 0 Å². The number of carbonyl (C=O) groups excluding carboxylic acids is 1. The van der Waals surface area contributed by atoms with Gasteiger partial charge in [-0.25, -0.2) is 0 Å². The number of amides is 1. The minimum atomic E-state index is -0.0196. The summed E-state index contributed by atoms with van der Waals surface area (Å²) in [5, 5.41) is 2.54. The van der Waals surface area contributed by atoms with Crippen molar-refractivity contribution in [2.75, 3.05) is 53.3 Å². The van der Waals surface area contributed by atoms with Crippen LogP contribution < -0.4 is 5.32 Å². The molecule has 0 aromatic heterocycles. The molecule has 23 heavy (non-hydrogen) atoms. The predicted octanol–water partition coefficient (Wildman–Crippen LogP) is 1.39. The Morgan fingerprint density at radius 3 is 1.91 bits per heavy atom. The van der Waals surface area contributed by atoms with E-state index in [0.717, 1.165) is 5.56 Å². The first-order valence-corrected chi connectivity index (χ1v) is 7.88. The molecule has 1 aromatic rings.